The van der Waals surface area contributed by atoms with Gasteiger partial charge in [0, 0.05) is 26.2 Å². The van der Waals surface area contributed by atoms with Crippen molar-refractivity contribution in [3.05, 3.63) is 0 Å². The molecule has 4 N–H and O–H groups in total. The summed E-state index contributed by atoms with van der Waals surface area (Å²) < 4.78 is 5.16. The lowest BCUT2D eigenvalue weighted by atomic mass is 10.4. The Morgan fingerprint density at radius 3 is 2.17 bits per heavy atom. The van der Waals surface area contributed by atoms with Crippen molar-refractivity contribution in [1.82, 2.24) is 4.90 Å². The fourth-order valence-electron chi connectivity index (χ4n) is 1.01. The molecule has 0 aromatic carbocycles. The highest BCUT2D eigenvalue weighted by atomic mass is 16.5. The minimum atomic E-state index is 0.750. The molecule has 0 saturated carbocycles. The Hall–Kier alpha value is -0.160. The topological polar surface area (TPSA) is 64.5 Å². The smallest absolute Gasteiger partial charge is 0.0594 e. The zero-order valence-corrected chi connectivity index (χ0v) is 7.96. The van der Waals surface area contributed by atoms with Gasteiger partial charge in [-0.1, -0.05) is 6.92 Å². The van der Waals surface area contributed by atoms with E-state index >= 15 is 0 Å². The number of ether oxygens (including phenoxy) is 1. The minimum absolute atomic E-state index is 0.750. The van der Waals surface area contributed by atoms with E-state index in [1.165, 1.54) is 0 Å². The number of hydrogen-bond acceptors (Lipinski definition) is 4. The molecular formula is C8H21N3O. The van der Waals surface area contributed by atoms with E-state index in [1.807, 2.05) is 6.92 Å². The van der Waals surface area contributed by atoms with Crippen LogP contribution in [0.3, 0.4) is 0 Å². The lowest BCUT2D eigenvalue weighted by Crippen LogP contribution is -2.39. The van der Waals surface area contributed by atoms with Crippen LogP contribution in [0.4, 0.5) is 0 Å². The van der Waals surface area contributed by atoms with Crippen molar-refractivity contribution in [3.63, 3.8) is 0 Å². The van der Waals surface area contributed by atoms with Gasteiger partial charge in [0.1, 0.15) is 0 Å². The summed E-state index contributed by atoms with van der Waals surface area (Å²) >= 11 is 0. The molecular weight excluding hydrogens is 154 g/mol. The minimum Gasteiger partial charge on any atom is -0.379 e. The average molecular weight is 175 g/mol. The highest BCUT2D eigenvalue weighted by molar-refractivity contribution is 4.60. The maximum absolute atomic E-state index is 5.38. The quantitative estimate of drug-likeness (QED) is 0.579. The van der Waals surface area contributed by atoms with Crippen molar-refractivity contribution in [2.24, 2.45) is 11.5 Å². The van der Waals surface area contributed by atoms with Crippen LogP contribution in [-0.2, 0) is 4.74 Å². The summed E-state index contributed by atoms with van der Waals surface area (Å²) in [4.78, 5) is 2.32. The zero-order valence-electron chi connectivity index (χ0n) is 7.96. The molecule has 0 unspecified atom stereocenters. The van der Waals surface area contributed by atoms with Crippen LogP contribution in [0.1, 0.15) is 6.92 Å². The van der Waals surface area contributed by atoms with Crippen LogP contribution in [-0.4, -0.2) is 50.8 Å². The average Bonchev–Trinajstić information content (AvgIpc) is 2.08. The van der Waals surface area contributed by atoms with Crippen LogP contribution in [0.25, 0.3) is 0 Å². The largest absolute Gasteiger partial charge is 0.379 e. The zero-order chi connectivity index (χ0) is 9.23. The highest BCUT2D eigenvalue weighted by Crippen LogP contribution is 1.93. The molecule has 1 fully saturated rings. The molecule has 1 heterocycles. The third kappa shape index (κ3) is 6.54. The number of nitrogens with zero attached hydrogens (tertiary/aromatic N) is 1. The van der Waals surface area contributed by atoms with Gasteiger partial charge in [0.15, 0.2) is 0 Å². The van der Waals surface area contributed by atoms with Gasteiger partial charge in [-0.05, 0) is 6.54 Å². The van der Waals surface area contributed by atoms with E-state index in [2.05, 4.69) is 4.90 Å². The maximum atomic E-state index is 5.38. The first kappa shape index (κ1) is 11.8. The summed E-state index contributed by atoms with van der Waals surface area (Å²) in [5.41, 5.74) is 10.2. The second kappa shape index (κ2) is 8.93. The van der Waals surface area contributed by atoms with Gasteiger partial charge < -0.3 is 16.2 Å². The standard InChI is InChI=1S/C6H14N2O.C2H7N/c7-1-2-8-3-5-9-6-4-8;1-2-3/h1-7H2;2-3H2,1H3. The molecule has 1 saturated heterocycles. The van der Waals surface area contributed by atoms with Crippen LogP contribution < -0.4 is 11.5 Å². The van der Waals surface area contributed by atoms with Gasteiger partial charge in [0.25, 0.3) is 0 Å². The van der Waals surface area contributed by atoms with Crippen molar-refractivity contribution < 1.29 is 4.74 Å². The Morgan fingerprint density at radius 1 is 1.25 bits per heavy atom. The molecule has 0 aliphatic carbocycles. The predicted molar refractivity (Wildman–Crippen MR) is 51.0 cm³/mol. The molecule has 0 aromatic heterocycles. The molecule has 0 atom stereocenters. The Kier molecular flexibility index (Phi) is 8.81. The van der Waals surface area contributed by atoms with E-state index in [9.17, 15) is 0 Å². The summed E-state index contributed by atoms with van der Waals surface area (Å²) in [6.07, 6.45) is 0. The molecule has 4 nitrogen and oxygen atoms in total. The third-order valence-corrected chi connectivity index (χ3v) is 1.55. The normalized spacial score (nSPS) is 18.2. The molecule has 0 spiro atoms. The summed E-state index contributed by atoms with van der Waals surface area (Å²) in [7, 11) is 0. The van der Waals surface area contributed by atoms with Crippen molar-refractivity contribution in [1.29, 1.82) is 0 Å². The molecule has 0 bridgehead atoms. The lowest BCUT2D eigenvalue weighted by molar-refractivity contribution is 0.0394. The highest BCUT2D eigenvalue weighted by Gasteiger charge is 2.07. The van der Waals surface area contributed by atoms with Crippen molar-refractivity contribution >= 4 is 0 Å². The molecule has 74 valence electrons. The SMILES string of the molecule is CCN.NCCN1CCOCC1. The molecule has 0 radical (unpaired) electrons. The van der Waals surface area contributed by atoms with E-state index in [0.29, 0.717) is 0 Å². The van der Waals surface area contributed by atoms with Crippen LogP contribution in [0.2, 0.25) is 0 Å². The number of nitrogens with two attached hydrogens (primary N) is 2. The number of hydrogen-bond donors (Lipinski definition) is 2. The summed E-state index contributed by atoms with van der Waals surface area (Å²) in [6.45, 7) is 8.29. The Balaban J connectivity index is 0.000000354. The second-order valence-corrected chi connectivity index (χ2v) is 2.65. The Labute approximate surface area is 74.8 Å². The van der Waals surface area contributed by atoms with Crippen LogP contribution in [0.15, 0.2) is 0 Å². The lowest BCUT2D eigenvalue weighted by Gasteiger charge is -2.25. The van der Waals surface area contributed by atoms with E-state index in [0.717, 1.165) is 45.9 Å². The van der Waals surface area contributed by atoms with Crippen LogP contribution >= 0.6 is 0 Å². The number of rotatable bonds is 2. The van der Waals surface area contributed by atoms with E-state index in [1.54, 1.807) is 0 Å². The second-order valence-electron chi connectivity index (χ2n) is 2.65. The van der Waals surface area contributed by atoms with Crippen LogP contribution in [0.5, 0.6) is 0 Å². The Morgan fingerprint density at radius 2 is 1.75 bits per heavy atom. The summed E-state index contributed by atoms with van der Waals surface area (Å²) in [5, 5.41) is 0. The summed E-state index contributed by atoms with van der Waals surface area (Å²) in [5.74, 6) is 0. The molecule has 4 heteroatoms. The van der Waals surface area contributed by atoms with Gasteiger partial charge in [-0.3, -0.25) is 4.90 Å². The predicted octanol–water partition coefficient (Wildman–Crippen LogP) is -0.758. The van der Waals surface area contributed by atoms with Crippen molar-refractivity contribution in [3.8, 4) is 0 Å². The van der Waals surface area contributed by atoms with Gasteiger partial charge in [0.05, 0.1) is 13.2 Å². The number of morpholine rings is 1. The molecule has 1 rings (SSSR count). The molecule has 1 aliphatic rings. The van der Waals surface area contributed by atoms with Gasteiger partial charge in [-0.15, -0.1) is 0 Å². The molecule has 0 amide bonds. The third-order valence-electron chi connectivity index (χ3n) is 1.55. The molecule has 0 aromatic rings. The fraction of sp³-hybridized carbons (Fsp3) is 1.00. The Bertz CT molecular complexity index is 81.6. The van der Waals surface area contributed by atoms with Crippen molar-refractivity contribution in [2.45, 2.75) is 6.92 Å². The van der Waals surface area contributed by atoms with E-state index in [-0.39, 0.29) is 0 Å². The first-order chi connectivity index (χ1) is 5.85. The van der Waals surface area contributed by atoms with E-state index in [4.69, 9.17) is 16.2 Å². The van der Waals surface area contributed by atoms with Crippen molar-refractivity contribution in [2.75, 3.05) is 45.9 Å². The van der Waals surface area contributed by atoms with Gasteiger partial charge in [0.2, 0.25) is 0 Å². The molecule has 1 aliphatic heterocycles. The van der Waals surface area contributed by atoms with Gasteiger partial charge in [-0.25, -0.2) is 0 Å². The van der Waals surface area contributed by atoms with Gasteiger partial charge >= 0.3 is 0 Å². The maximum Gasteiger partial charge on any atom is 0.0594 e. The summed E-state index contributed by atoms with van der Waals surface area (Å²) in [6, 6.07) is 0. The first-order valence-electron chi connectivity index (χ1n) is 4.55. The fourth-order valence-corrected chi connectivity index (χ4v) is 1.01. The first-order valence-corrected chi connectivity index (χ1v) is 4.55. The van der Waals surface area contributed by atoms with Crippen LogP contribution in [0, 0.1) is 0 Å². The van der Waals surface area contributed by atoms with Gasteiger partial charge in [-0.2, -0.15) is 0 Å². The molecule has 12 heavy (non-hydrogen) atoms. The van der Waals surface area contributed by atoms with E-state index < -0.39 is 0 Å². The monoisotopic (exact) mass is 175 g/mol.